The van der Waals surface area contributed by atoms with E-state index in [-0.39, 0.29) is 0 Å². The molecule has 2 fully saturated rings. The molecule has 0 atom stereocenters. The van der Waals surface area contributed by atoms with Gasteiger partial charge in [-0.2, -0.15) is 10.2 Å². The van der Waals surface area contributed by atoms with Crippen LogP contribution >= 0.6 is 0 Å². The van der Waals surface area contributed by atoms with Gasteiger partial charge in [-0.1, -0.05) is 30.2 Å². The summed E-state index contributed by atoms with van der Waals surface area (Å²) >= 11 is 0. The van der Waals surface area contributed by atoms with E-state index in [1.54, 1.807) is 7.11 Å². The van der Waals surface area contributed by atoms with E-state index in [2.05, 4.69) is 63.3 Å². The normalized spacial score (nSPS) is 17.3. The number of nitrogens with zero attached hydrogens (tertiary/aromatic N) is 5. The summed E-state index contributed by atoms with van der Waals surface area (Å²) < 4.78 is 5.56. The Morgan fingerprint density at radius 3 is 2.34 bits per heavy atom. The number of benzene rings is 2. The van der Waals surface area contributed by atoms with E-state index >= 15 is 0 Å². The van der Waals surface area contributed by atoms with E-state index in [1.165, 1.54) is 25.9 Å². The average Bonchev–Trinajstić information content (AvgIpc) is 3.46. The monoisotopic (exact) mass is 508 g/mol. The van der Waals surface area contributed by atoms with Gasteiger partial charge in [0, 0.05) is 67.0 Å². The number of hydrogen-bond donors (Lipinski definition) is 1. The molecule has 0 unspecified atom stereocenters. The molecule has 0 saturated carbocycles. The largest absolute Gasteiger partial charge is 0.480 e. The number of nitrogens with one attached hydrogen (secondary N) is 1. The quantitative estimate of drug-likeness (QED) is 0.540. The van der Waals surface area contributed by atoms with Crippen LogP contribution in [0.25, 0.3) is 10.8 Å². The third-order valence-corrected chi connectivity index (χ3v) is 7.77. The standard InChI is InChI=1S/C26H25N5O.C5H11N/c1-3-18-6-4-7-19-8-5-9-23(24(18)19)31-13-10-20-22(17-31)21(16-27)26(32-2)29-25(20)30-14-11-28-12-15-30;1-6-4-2-3-5-6/h1,4-9,28H,10-15,17H2,2H3;2-5H2,1H3. The van der Waals surface area contributed by atoms with Crippen molar-refractivity contribution in [2.75, 3.05) is 69.8 Å². The highest BCUT2D eigenvalue weighted by atomic mass is 16.5. The van der Waals surface area contributed by atoms with Crippen LogP contribution in [0.15, 0.2) is 36.4 Å². The van der Waals surface area contributed by atoms with Crippen LogP contribution in [0.3, 0.4) is 0 Å². The summed E-state index contributed by atoms with van der Waals surface area (Å²) in [4.78, 5) is 11.8. The van der Waals surface area contributed by atoms with Gasteiger partial charge in [0.05, 0.1) is 7.11 Å². The first-order chi connectivity index (χ1) is 18.6. The van der Waals surface area contributed by atoms with Crippen molar-refractivity contribution in [2.24, 2.45) is 0 Å². The zero-order valence-corrected chi connectivity index (χ0v) is 22.5. The average molecular weight is 509 g/mol. The molecule has 2 saturated heterocycles. The van der Waals surface area contributed by atoms with E-state index in [9.17, 15) is 5.26 Å². The van der Waals surface area contributed by atoms with E-state index in [0.29, 0.717) is 18.0 Å². The Labute approximate surface area is 226 Å². The van der Waals surface area contributed by atoms with Crippen LogP contribution in [0.4, 0.5) is 11.5 Å². The first-order valence-electron chi connectivity index (χ1n) is 13.5. The molecule has 0 aliphatic carbocycles. The summed E-state index contributed by atoms with van der Waals surface area (Å²) in [5, 5.41) is 15.6. The van der Waals surface area contributed by atoms with Gasteiger partial charge in [-0.15, -0.1) is 6.42 Å². The number of rotatable bonds is 3. The van der Waals surface area contributed by atoms with Crippen LogP contribution in [-0.2, 0) is 13.0 Å². The minimum atomic E-state index is 0.406. The Kier molecular flexibility index (Phi) is 7.98. The minimum absolute atomic E-state index is 0.406. The highest BCUT2D eigenvalue weighted by molar-refractivity contribution is 5.99. The molecule has 3 aliphatic rings. The predicted octanol–water partition coefficient (Wildman–Crippen LogP) is 3.78. The molecule has 0 bridgehead atoms. The lowest BCUT2D eigenvalue weighted by molar-refractivity contribution is 0.394. The molecule has 38 heavy (non-hydrogen) atoms. The maximum Gasteiger partial charge on any atom is 0.233 e. The Balaban J connectivity index is 0.000000433. The lowest BCUT2D eigenvalue weighted by Crippen LogP contribution is -2.45. The molecule has 7 heteroatoms. The van der Waals surface area contributed by atoms with Gasteiger partial charge in [0.15, 0.2) is 0 Å². The molecule has 4 heterocycles. The van der Waals surface area contributed by atoms with Crippen molar-refractivity contribution in [3.63, 3.8) is 0 Å². The zero-order valence-electron chi connectivity index (χ0n) is 22.5. The number of ether oxygens (including phenoxy) is 1. The van der Waals surface area contributed by atoms with E-state index in [1.807, 2.05) is 12.1 Å². The van der Waals surface area contributed by atoms with Crippen molar-refractivity contribution < 1.29 is 4.74 Å². The first kappa shape index (κ1) is 25.9. The van der Waals surface area contributed by atoms with Crippen molar-refractivity contribution >= 4 is 22.3 Å². The molecule has 6 rings (SSSR count). The van der Waals surface area contributed by atoms with Gasteiger partial charge < -0.3 is 24.8 Å². The fourth-order valence-electron chi connectivity index (χ4n) is 5.78. The fraction of sp³-hybridized carbons (Fsp3) is 0.419. The lowest BCUT2D eigenvalue weighted by Gasteiger charge is -2.36. The molecule has 196 valence electrons. The number of pyridine rings is 1. The number of terminal acetylenes is 1. The van der Waals surface area contributed by atoms with Crippen LogP contribution in [-0.4, -0.2) is 69.9 Å². The second-order valence-electron chi connectivity index (χ2n) is 10.1. The molecule has 1 aromatic heterocycles. The summed E-state index contributed by atoms with van der Waals surface area (Å²) in [6.07, 6.45) is 9.47. The van der Waals surface area contributed by atoms with Crippen LogP contribution in [0.5, 0.6) is 5.88 Å². The SMILES string of the molecule is C#Cc1cccc2cccc(N3CCc4c(N5CCNCC5)nc(OC)c(C#N)c4C3)c12.CN1CCCC1. The number of fused-ring (bicyclic) bond motifs is 2. The number of hydrogen-bond acceptors (Lipinski definition) is 7. The van der Waals surface area contributed by atoms with Crippen molar-refractivity contribution in [3.8, 4) is 24.3 Å². The molecule has 0 spiro atoms. The number of anilines is 2. The summed E-state index contributed by atoms with van der Waals surface area (Å²) in [5.74, 6) is 4.20. The molecule has 7 nitrogen and oxygen atoms in total. The van der Waals surface area contributed by atoms with Crippen molar-refractivity contribution in [1.82, 2.24) is 15.2 Å². The van der Waals surface area contributed by atoms with E-state index in [4.69, 9.17) is 16.1 Å². The Morgan fingerprint density at radius 1 is 0.974 bits per heavy atom. The molecule has 0 amide bonds. The fourth-order valence-corrected chi connectivity index (χ4v) is 5.78. The zero-order chi connectivity index (χ0) is 26.5. The van der Waals surface area contributed by atoms with Crippen LogP contribution in [0.1, 0.15) is 35.1 Å². The topological polar surface area (TPSA) is 67.7 Å². The van der Waals surface area contributed by atoms with E-state index in [0.717, 1.165) is 78.1 Å². The lowest BCUT2D eigenvalue weighted by atomic mass is 9.94. The highest BCUT2D eigenvalue weighted by Gasteiger charge is 2.29. The van der Waals surface area contributed by atoms with Gasteiger partial charge in [0.1, 0.15) is 17.5 Å². The maximum absolute atomic E-state index is 9.98. The number of likely N-dealkylation sites (tertiary alicyclic amines) is 1. The first-order valence-corrected chi connectivity index (χ1v) is 13.5. The molecule has 1 N–H and O–H groups in total. The number of nitriles is 1. The van der Waals surface area contributed by atoms with Gasteiger partial charge in [0.25, 0.3) is 0 Å². The number of piperazine rings is 1. The second-order valence-corrected chi connectivity index (χ2v) is 10.1. The summed E-state index contributed by atoms with van der Waals surface area (Å²) in [6.45, 7) is 7.74. The van der Waals surface area contributed by atoms with Gasteiger partial charge in [-0.25, -0.2) is 0 Å². The number of aromatic nitrogens is 1. The van der Waals surface area contributed by atoms with Crippen LogP contribution in [0, 0.1) is 23.7 Å². The molecular formula is C31H36N6O. The van der Waals surface area contributed by atoms with E-state index < -0.39 is 0 Å². The third-order valence-electron chi connectivity index (χ3n) is 7.77. The van der Waals surface area contributed by atoms with Crippen molar-refractivity contribution in [1.29, 1.82) is 5.26 Å². The minimum Gasteiger partial charge on any atom is -0.480 e. The summed E-state index contributed by atoms with van der Waals surface area (Å²) in [7, 11) is 3.76. The third kappa shape index (κ3) is 5.13. The molecule has 3 aliphatic heterocycles. The van der Waals surface area contributed by atoms with Gasteiger partial charge in [-0.05, 0) is 56.9 Å². The summed E-state index contributed by atoms with van der Waals surface area (Å²) in [6, 6.07) is 14.7. The molecule has 3 aromatic rings. The molecule has 2 aromatic carbocycles. The van der Waals surface area contributed by atoms with Gasteiger partial charge in [-0.3, -0.25) is 0 Å². The van der Waals surface area contributed by atoms with Crippen molar-refractivity contribution in [3.05, 3.63) is 58.7 Å². The Bertz CT molecular complexity index is 1370. The van der Waals surface area contributed by atoms with Crippen LogP contribution < -0.4 is 19.9 Å². The highest BCUT2D eigenvalue weighted by Crippen LogP contribution is 2.38. The smallest absolute Gasteiger partial charge is 0.233 e. The van der Waals surface area contributed by atoms with Crippen LogP contribution in [0.2, 0.25) is 0 Å². The van der Waals surface area contributed by atoms with Gasteiger partial charge in [0.2, 0.25) is 5.88 Å². The van der Waals surface area contributed by atoms with Gasteiger partial charge >= 0.3 is 0 Å². The molecular weight excluding hydrogens is 472 g/mol. The van der Waals surface area contributed by atoms with Crippen molar-refractivity contribution in [2.45, 2.75) is 25.8 Å². The Hall–Kier alpha value is -3.78. The second kappa shape index (κ2) is 11.7. The molecule has 0 radical (unpaired) electrons. The Morgan fingerprint density at radius 2 is 1.71 bits per heavy atom. The maximum atomic E-state index is 9.98. The number of methoxy groups -OCH3 is 1. The summed E-state index contributed by atoms with van der Waals surface area (Å²) in [5.41, 5.74) is 4.69. The predicted molar refractivity (Wildman–Crippen MR) is 154 cm³/mol.